The van der Waals surface area contributed by atoms with Gasteiger partial charge in [-0.15, -0.1) is 0 Å². The molecule has 1 rings (SSSR count). The Kier molecular flexibility index (Phi) is 9.19. The lowest BCUT2D eigenvalue weighted by atomic mass is 10.0. The van der Waals surface area contributed by atoms with Crippen molar-refractivity contribution in [3.8, 4) is 11.5 Å². The molecule has 26 heavy (non-hydrogen) atoms. The van der Waals surface area contributed by atoms with Crippen LogP contribution in [-0.2, 0) is 16.0 Å². The first-order valence-corrected chi connectivity index (χ1v) is 8.73. The van der Waals surface area contributed by atoms with Crippen molar-refractivity contribution in [2.24, 2.45) is 10.7 Å². The first-order chi connectivity index (χ1) is 12.3. The van der Waals surface area contributed by atoms with E-state index in [0.29, 0.717) is 37.4 Å². The van der Waals surface area contributed by atoms with Gasteiger partial charge >= 0.3 is 0 Å². The summed E-state index contributed by atoms with van der Waals surface area (Å²) in [7, 11) is 3.08. The number of hydrogen-bond acceptors (Lipinski definition) is 5. The number of methoxy groups -OCH3 is 1. The molecule has 0 radical (unpaired) electrons. The highest BCUT2D eigenvalue weighted by Crippen LogP contribution is 2.26. The van der Waals surface area contributed by atoms with Gasteiger partial charge in [0, 0.05) is 25.9 Å². The maximum absolute atomic E-state index is 12.0. The van der Waals surface area contributed by atoms with Crippen LogP contribution >= 0.6 is 0 Å². The summed E-state index contributed by atoms with van der Waals surface area (Å²) >= 11 is 0. The van der Waals surface area contributed by atoms with Crippen LogP contribution in [0.25, 0.3) is 0 Å². The van der Waals surface area contributed by atoms with Crippen LogP contribution in [0.3, 0.4) is 0 Å². The maximum atomic E-state index is 12.0. The normalized spacial score (nSPS) is 12.5. The second kappa shape index (κ2) is 11.1. The molecule has 7 nitrogen and oxygen atoms in total. The van der Waals surface area contributed by atoms with Gasteiger partial charge in [-0.05, 0) is 43.9 Å². The van der Waals surface area contributed by atoms with Crippen LogP contribution in [0.5, 0.6) is 11.5 Å². The lowest BCUT2D eigenvalue weighted by Gasteiger charge is -2.13. The summed E-state index contributed by atoms with van der Waals surface area (Å²) in [4.78, 5) is 27.7. The third-order valence-electron chi connectivity index (χ3n) is 4.06. The summed E-state index contributed by atoms with van der Waals surface area (Å²) in [5, 5.41) is 12.6. The van der Waals surface area contributed by atoms with Crippen molar-refractivity contribution in [1.29, 1.82) is 0 Å². The molecule has 0 spiro atoms. The number of carbonyl (C=O) groups is 2. The average molecular weight is 363 g/mol. The van der Waals surface area contributed by atoms with Gasteiger partial charge < -0.3 is 20.9 Å². The SMILES string of the molecule is CN=C(N)N[C@H](C)CCCC(=O)CC(=O)CCc1ccc(O)c(OC)c1. The third kappa shape index (κ3) is 8.00. The number of ether oxygens (including phenoxy) is 1. The van der Waals surface area contributed by atoms with E-state index in [-0.39, 0.29) is 29.8 Å². The number of guanidine groups is 1. The molecular weight excluding hydrogens is 334 g/mol. The van der Waals surface area contributed by atoms with Gasteiger partial charge in [-0.3, -0.25) is 14.6 Å². The molecule has 0 aromatic heterocycles. The molecule has 0 amide bonds. The predicted octanol–water partition coefficient (Wildman–Crippen LogP) is 1.95. The second-order valence-corrected chi connectivity index (χ2v) is 6.31. The van der Waals surface area contributed by atoms with Crippen molar-refractivity contribution in [2.45, 2.75) is 51.5 Å². The number of aliphatic imine (C=N–C) groups is 1. The number of phenolic OH excluding ortho intramolecular Hbond substituents is 1. The van der Waals surface area contributed by atoms with E-state index in [1.807, 2.05) is 6.92 Å². The molecule has 1 aromatic rings. The van der Waals surface area contributed by atoms with E-state index in [4.69, 9.17) is 10.5 Å². The van der Waals surface area contributed by atoms with Crippen LogP contribution in [0.1, 0.15) is 44.6 Å². The van der Waals surface area contributed by atoms with E-state index in [2.05, 4.69) is 10.3 Å². The lowest BCUT2D eigenvalue weighted by Crippen LogP contribution is -2.38. The Balaban J connectivity index is 2.29. The number of nitrogens with two attached hydrogens (primary N) is 1. The maximum Gasteiger partial charge on any atom is 0.188 e. The number of carbonyl (C=O) groups excluding carboxylic acids is 2. The summed E-state index contributed by atoms with van der Waals surface area (Å²) in [5.41, 5.74) is 6.47. The minimum Gasteiger partial charge on any atom is -0.504 e. The molecule has 0 saturated heterocycles. The molecule has 0 unspecified atom stereocenters. The number of aromatic hydroxyl groups is 1. The Morgan fingerprint density at radius 3 is 2.65 bits per heavy atom. The molecule has 4 N–H and O–H groups in total. The number of hydrogen-bond donors (Lipinski definition) is 3. The average Bonchev–Trinajstić information content (AvgIpc) is 2.60. The van der Waals surface area contributed by atoms with E-state index in [1.54, 1.807) is 19.2 Å². The lowest BCUT2D eigenvalue weighted by molar-refractivity contribution is -0.127. The van der Waals surface area contributed by atoms with Gasteiger partial charge in [0.1, 0.15) is 11.6 Å². The summed E-state index contributed by atoms with van der Waals surface area (Å²) in [6.45, 7) is 1.97. The van der Waals surface area contributed by atoms with Crippen molar-refractivity contribution in [3.05, 3.63) is 23.8 Å². The number of rotatable bonds is 11. The fourth-order valence-electron chi connectivity index (χ4n) is 2.55. The first kappa shape index (κ1) is 21.5. The van der Waals surface area contributed by atoms with Crippen LogP contribution in [0.15, 0.2) is 23.2 Å². The quantitative estimate of drug-likeness (QED) is 0.315. The van der Waals surface area contributed by atoms with Gasteiger partial charge in [-0.25, -0.2) is 0 Å². The smallest absolute Gasteiger partial charge is 0.188 e. The molecule has 0 heterocycles. The van der Waals surface area contributed by atoms with Crippen LogP contribution in [0, 0.1) is 0 Å². The number of Topliss-reactive ketones (excluding diaryl/α,β-unsaturated/α-hetero) is 2. The number of aryl methyl sites for hydroxylation is 1. The number of benzene rings is 1. The second-order valence-electron chi connectivity index (χ2n) is 6.31. The van der Waals surface area contributed by atoms with Gasteiger partial charge in [0.15, 0.2) is 17.5 Å². The summed E-state index contributed by atoms with van der Waals surface area (Å²) in [6, 6.07) is 5.11. The number of ketones is 2. The molecule has 144 valence electrons. The molecule has 0 aliphatic rings. The van der Waals surface area contributed by atoms with Gasteiger partial charge in [0.2, 0.25) is 0 Å². The Morgan fingerprint density at radius 1 is 1.31 bits per heavy atom. The van der Waals surface area contributed by atoms with Gasteiger partial charge in [-0.2, -0.15) is 0 Å². The Morgan fingerprint density at radius 2 is 2.00 bits per heavy atom. The fraction of sp³-hybridized carbons (Fsp3) is 0.526. The molecule has 7 heteroatoms. The van der Waals surface area contributed by atoms with Crippen LogP contribution < -0.4 is 15.8 Å². The van der Waals surface area contributed by atoms with Crippen molar-refractivity contribution in [1.82, 2.24) is 5.32 Å². The first-order valence-electron chi connectivity index (χ1n) is 8.73. The molecular formula is C19H29N3O4. The van der Waals surface area contributed by atoms with E-state index in [0.717, 1.165) is 12.0 Å². The topological polar surface area (TPSA) is 114 Å². The molecule has 1 aromatic carbocycles. The monoisotopic (exact) mass is 363 g/mol. The van der Waals surface area contributed by atoms with E-state index >= 15 is 0 Å². The molecule has 0 fully saturated rings. The van der Waals surface area contributed by atoms with Crippen LogP contribution in [0.4, 0.5) is 0 Å². The van der Waals surface area contributed by atoms with Crippen LogP contribution in [-0.4, -0.2) is 42.8 Å². The van der Waals surface area contributed by atoms with Gasteiger partial charge in [0.05, 0.1) is 13.5 Å². The Hall–Kier alpha value is -2.57. The zero-order valence-corrected chi connectivity index (χ0v) is 15.7. The number of nitrogens with one attached hydrogen (secondary N) is 1. The van der Waals surface area contributed by atoms with E-state index < -0.39 is 0 Å². The summed E-state index contributed by atoms with van der Waals surface area (Å²) in [5.74, 6) is 0.707. The summed E-state index contributed by atoms with van der Waals surface area (Å²) in [6.07, 6.45) is 2.64. The standard InChI is InChI=1S/C19H29N3O4/c1-13(22-19(20)21-2)5-4-6-15(23)12-16(24)9-7-14-8-10-17(25)18(11-14)26-3/h8,10-11,13,25H,4-7,9,12H2,1-3H3,(H3,20,21,22)/t13-/m1/s1. The molecule has 1 atom stereocenters. The zero-order chi connectivity index (χ0) is 19.5. The number of phenols is 1. The zero-order valence-electron chi connectivity index (χ0n) is 15.7. The third-order valence-corrected chi connectivity index (χ3v) is 4.06. The van der Waals surface area contributed by atoms with E-state index in [1.165, 1.54) is 13.2 Å². The van der Waals surface area contributed by atoms with Crippen LogP contribution in [0.2, 0.25) is 0 Å². The molecule has 0 aliphatic carbocycles. The van der Waals surface area contributed by atoms with Crippen molar-refractivity contribution in [3.63, 3.8) is 0 Å². The van der Waals surface area contributed by atoms with Crippen molar-refractivity contribution >= 4 is 17.5 Å². The summed E-state index contributed by atoms with van der Waals surface area (Å²) < 4.78 is 5.04. The Labute approximate surface area is 154 Å². The minimum absolute atomic E-state index is 0.0322. The van der Waals surface area contributed by atoms with Crippen molar-refractivity contribution < 1.29 is 19.4 Å². The largest absolute Gasteiger partial charge is 0.504 e. The fourth-order valence-corrected chi connectivity index (χ4v) is 2.55. The molecule has 0 aliphatic heterocycles. The van der Waals surface area contributed by atoms with E-state index in [9.17, 15) is 14.7 Å². The van der Waals surface area contributed by atoms with Crippen molar-refractivity contribution in [2.75, 3.05) is 14.2 Å². The molecule has 0 saturated carbocycles. The minimum atomic E-state index is -0.0735. The molecule has 0 bridgehead atoms. The highest BCUT2D eigenvalue weighted by Gasteiger charge is 2.12. The highest BCUT2D eigenvalue weighted by atomic mass is 16.5. The van der Waals surface area contributed by atoms with Gasteiger partial charge in [-0.1, -0.05) is 6.07 Å². The predicted molar refractivity (Wildman–Crippen MR) is 102 cm³/mol. The Bertz CT molecular complexity index is 644. The number of nitrogens with zero attached hydrogens (tertiary/aromatic N) is 1. The van der Waals surface area contributed by atoms with Gasteiger partial charge in [0.25, 0.3) is 0 Å². The highest BCUT2D eigenvalue weighted by molar-refractivity contribution is 5.99.